The molecule has 0 heterocycles. The van der Waals surface area contributed by atoms with Crippen molar-refractivity contribution >= 4 is 21.7 Å². The zero-order valence-electron chi connectivity index (χ0n) is 12.6. The maximum absolute atomic E-state index is 12.7. The van der Waals surface area contributed by atoms with Crippen LogP contribution in [0.3, 0.4) is 0 Å². The number of hydrogen-bond donors (Lipinski definition) is 0. The molecule has 0 bridgehead atoms. The molecule has 0 radical (unpaired) electrons. The van der Waals surface area contributed by atoms with Gasteiger partial charge in [0.05, 0.1) is 12.0 Å². The van der Waals surface area contributed by atoms with E-state index in [-0.39, 0.29) is 12.1 Å². The van der Waals surface area contributed by atoms with Gasteiger partial charge in [-0.3, -0.25) is 14.9 Å². The SMILES string of the molecule is CCCN(CC(=O)OC)S(=O)(=O)c1c(C)cccc1[N+](=O)[O-]. The number of carbonyl (C=O) groups is 1. The van der Waals surface area contributed by atoms with Gasteiger partial charge in [0.25, 0.3) is 15.7 Å². The quantitative estimate of drug-likeness (QED) is 0.426. The predicted molar refractivity (Wildman–Crippen MR) is 78.9 cm³/mol. The zero-order valence-corrected chi connectivity index (χ0v) is 13.4. The van der Waals surface area contributed by atoms with E-state index in [0.717, 1.165) is 17.5 Å². The van der Waals surface area contributed by atoms with Crippen LogP contribution in [-0.2, 0) is 19.6 Å². The standard InChI is InChI=1S/C13H18N2O6S/c1-4-8-14(9-12(16)21-3)22(19,20)13-10(2)6-5-7-11(13)15(17)18/h5-7H,4,8-9H2,1-3H3. The van der Waals surface area contributed by atoms with Gasteiger partial charge in [0, 0.05) is 12.6 Å². The molecule has 0 aliphatic heterocycles. The number of benzene rings is 1. The van der Waals surface area contributed by atoms with Gasteiger partial charge in [-0.05, 0) is 18.9 Å². The van der Waals surface area contributed by atoms with Crippen LogP contribution < -0.4 is 0 Å². The molecule has 0 aliphatic carbocycles. The second-order valence-electron chi connectivity index (χ2n) is 4.59. The van der Waals surface area contributed by atoms with Gasteiger partial charge < -0.3 is 4.74 Å². The Labute approximate surface area is 128 Å². The first-order valence-electron chi connectivity index (χ1n) is 6.56. The average Bonchev–Trinajstić information content (AvgIpc) is 2.45. The maximum Gasteiger partial charge on any atom is 0.321 e. The van der Waals surface area contributed by atoms with Crippen molar-refractivity contribution in [1.29, 1.82) is 0 Å². The van der Waals surface area contributed by atoms with Crippen LogP contribution in [0.5, 0.6) is 0 Å². The van der Waals surface area contributed by atoms with Crippen LogP contribution in [0.15, 0.2) is 23.1 Å². The van der Waals surface area contributed by atoms with Gasteiger partial charge in [0.1, 0.15) is 6.54 Å². The van der Waals surface area contributed by atoms with Crippen molar-refractivity contribution in [3.63, 3.8) is 0 Å². The highest BCUT2D eigenvalue weighted by Crippen LogP contribution is 2.29. The molecule has 0 unspecified atom stereocenters. The van der Waals surface area contributed by atoms with Crippen LogP contribution in [0.1, 0.15) is 18.9 Å². The summed E-state index contributed by atoms with van der Waals surface area (Å²) in [5.74, 6) is -0.728. The number of ether oxygens (including phenoxy) is 1. The molecule has 9 heteroatoms. The number of hydrogen-bond acceptors (Lipinski definition) is 6. The molecular formula is C13H18N2O6S. The number of carbonyl (C=O) groups excluding carboxylic acids is 1. The first-order chi connectivity index (χ1) is 10.3. The molecule has 0 spiro atoms. The van der Waals surface area contributed by atoms with Crippen molar-refractivity contribution in [3.05, 3.63) is 33.9 Å². The van der Waals surface area contributed by atoms with Gasteiger partial charge >= 0.3 is 5.97 Å². The summed E-state index contributed by atoms with van der Waals surface area (Å²) in [5.41, 5.74) is -0.258. The third-order valence-electron chi connectivity index (χ3n) is 2.99. The minimum absolute atomic E-state index is 0.0585. The Kier molecular flexibility index (Phi) is 6.01. The van der Waals surface area contributed by atoms with E-state index in [9.17, 15) is 23.3 Å². The number of sulfonamides is 1. The van der Waals surface area contributed by atoms with Gasteiger partial charge in [-0.1, -0.05) is 19.1 Å². The fraction of sp³-hybridized carbons (Fsp3) is 0.462. The van der Waals surface area contributed by atoms with Crippen LogP contribution in [0.4, 0.5) is 5.69 Å². The smallest absolute Gasteiger partial charge is 0.321 e. The second-order valence-corrected chi connectivity index (χ2v) is 6.47. The largest absolute Gasteiger partial charge is 0.468 e. The Morgan fingerprint density at radius 1 is 1.41 bits per heavy atom. The molecule has 0 atom stereocenters. The lowest BCUT2D eigenvalue weighted by atomic mass is 10.2. The summed E-state index contributed by atoms with van der Waals surface area (Å²) >= 11 is 0. The first-order valence-corrected chi connectivity index (χ1v) is 8.00. The second kappa shape index (κ2) is 7.32. The van der Waals surface area contributed by atoms with E-state index in [0.29, 0.717) is 6.42 Å². The van der Waals surface area contributed by atoms with Gasteiger partial charge in [-0.25, -0.2) is 8.42 Å². The topological polar surface area (TPSA) is 107 Å². The molecule has 8 nitrogen and oxygen atoms in total. The van der Waals surface area contributed by atoms with E-state index in [2.05, 4.69) is 4.74 Å². The van der Waals surface area contributed by atoms with Crippen LogP contribution in [-0.4, -0.2) is 43.8 Å². The zero-order chi connectivity index (χ0) is 16.9. The van der Waals surface area contributed by atoms with Crippen LogP contribution in [0, 0.1) is 17.0 Å². The van der Waals surface area contributed by atoms with Crippen molar-refractivity contribution in [3.8, 4) is 0 Å². The molecular weight excluding hydrogens is 312 g/mol. The van der Waals surface area contributed by atoms with Crippen LogP contribution in [0.2, 0.25) is 0 Å². The highest BCUT2D eigenvalue weighted by atomic mass is 32.2. The van der Waals surface area contributed by atoms with Crippen molar-refractivity contribution in [2.24, 2.45) is 0 Å². The lowest BCUT2D eigenvalue weighted by Gasteiger charge is -2.21. The Bertz CT molecular complexity index is 671. The Balaban J connectivity index is 3.43. The first kappa shape index (κ1) is 18.1. The minimum Gasteiger partial charge on any atom is -0.468 e. The maximum atomic E-state index is 12.7. The van der Waals surface area contributed by atoms with Crippen molar-refractivity contribution < 1.29 is 22.9 Å². The van der Waals surface area contributed by atoms with Gasteiger partial charge in [-0.15, -0.1) is 0 Å². The molecule has 1 rings (SSSR count). The third-order valence-corrected chi connectivity index (χ3v) is 5.03. The lowest BCUT2D eigenvalue weighted by molar-refractivity contribution is -0.387. The summed E-state index contributed by atoms with van der Waals surface area (Å²) in [6.07, 6.45) is 0.454. The third kappa shape index (κ3) is 3.80. The minimum atomic E-state index is -4.18. The number of nitro groups is 1. The molecule has 22 heavy (non-hydrogen) atoms. The van der Waals surface area contributed by atoms with Crippen molar-refractivity contribution in [2.75, 3.05) is 20.2 Å². The molecule has 0 fully saturated rings. The van der Waals surface area contributed by atoms with E-state index >= 15 is 0 Å². The van der Waals surface area contributed by atoms with Gasteiger partial charge in [0.15, 0.2) is 4.90 Å². The summed E-state index contributed by atoms with van der Waals surface area (Å²) in [6, 6.07) is 4.02. The molecule has 0 aromatic heterocycles. The summed E-state index contributed by atoms with van der Waals surface area (Å²) in [7, 11) is -3.04. The Morgan fingerprint density at radius 2 is 2.05 bits per heavy atom. The molecule has 0 saturated heterocycles. The molecule has 0 amide bonds. The van der Waals surface area contributed by atoms with E-state index < -0.39 is 38.0 Å². The molecule has 0 aliphatic rings. The Morgan fingerprint density at radius 3 is 2.55 bits per heavy atom. The summed E-state index contributed by atoms with van der Waals surface area (Å²) < 4.78 is 30.9. The summed E-state index contributed by atoms with van der Waals surface area (Å²) in [6.45, 7) is 2.79. The van der Waals surface area contributed by atoms with Crippen molar-refractivity contribution in [1.82, 2.24) is 4.31 Å². The summed E-state index contributed by atoms with van der Waals surface area (Å²) in [5, 5.41) is 11.1. The van der Waals surface area contributed by atoms with Gasteiger partial charge in [-0.2, -0.15) is 4.31 Å². The summed E-state index contributed by atoms with van der Waals surface area (Å²) in [4.78, 5) is 21.4. The fourth-order valence-corrected chi connectivity index (χ4v) is 3.83. The lowest BCUT2D eigenvalue weighted by Crippen LogP contribution is -2.37. The molecule has 0 N–H and O–H groups in total. The van der Waals surface area contributed by atoms with Crippen LogP contribution in [0.25, 0.3) is 0 Å². The predicted octanol–water partition coefficient (Wildman–Crippen LogP) is 1.48. The van der Waals surface area contributed by atoms with Crippen LogP contribution >= 0.6 is 0 Å². The number of esters is 1. The molecule has 1 aromatic rings. The molecule has 0 saturated carbocycles. The number of rotatable bonds is 7. The number of nitrogens with zero attached hydrogens (tertiary/aromatic N) is 2. The van der Waals surface area contributed by atoms with E-state index in [1.807, 2.05) is 0 Å². The van der Waals surface area contributed by atoms with E-state index in [1.165, 1.54) is 19.1 Å². The average molecular weight is 330 g/mol. The molecule has 1 aromatic carbocycles. The monoisotopic (exact) mass is 330 g/mol. The Hall–Kier alpha value is -2.00. The number of aryl methyl sites for hydroxylation is 1. The van der Waals surface area contributed by atoms with Crippen molar-refractivity contribution in [2.45, 2.75) is 25.2 Å². The van der Waals surface area contributed by atoms with E-state index in [4.69, 9.17) is 0 Å². The highest BCUT2D eigenvalue weighted by Gasteiger charge is 2.34. The normalized spacial score (nSPS) is 11.5. The van der Waals surface area contributed by atoms with Gasteiger partial charge in [0.2, 0.25) is 0 Å². The number of nitro benzene ring substituents is 1. The van der Waals surface area contributed by atoms with E-state index in [1.54, 1.807) is 6.92 Å². The fourth-order valence-electron chi connectivity index (χ4n) is 1.99. The number of methoxy groups -OCH3 is 1. The highest BCUT2D eigenvalue weighted by molar-refractivity contribution is 7.89. The molecule has 122 valence electrons.